The van der Waals surface area contributed by atoms with Crippen LogP contribution in [0.1, 0.15) is 30.4 Å². The van der Waals surface area contributed by atoms with Crippen molar-refractivity contribution in [3.05, 3.63) is 75.8 Å². The number of carbonyl (C=O) groups excluding carboxylic acids is 2. The van der Waals surface area contributed by atoms with Crippen LogP contribution >= 0.6 is 23.2 Å². The number of rotatable bonds is 2. The van der Waals surface area contributed by atoms with Gasteiger partial charge in [0.25, 0.3) is 5.91 Å². The third-order valence-electron chi connectivity index (χ3n) is 6.40. The van der Waals surface area contributed by atoms with Crippen LogP contribution in [0.4, 0.5) is 5.69 Å². The minimum atomic E-state index is -1.02. The highest BCUT2D eigenvalue weighted by Crippen LogP contribution is 2.56. The molecule has 158 valence electrons. The van der Waals surface area contributed by atoms with Gasteiger partial charge >= 0.3 is 0 Å². The third-order valence-corrected chi connectivity index (χ3v) is 6.87. The Morgan fingerprint density at radius 2 is 1.97 bits per heavy atom. The number of piperidine rings is 1. The first kappa shape index (κ1) is 20.1. The lowest BCUT2D eigenvalue weighted by Crippen LogP contribution is -2.66. The minimum Gasteiger partial charge on any atom is -0.341 e. The largest absolute Gasteiger partial charge is 0.341 e. The van der Waals surface area contributed by atoms with E-state index in [1.54, 1.807) is 12.1 Å². The maximum absolute atomic E-state index is 13.9. The van der Waals surface area contributed by atoms with Crippen LogP contribution in [0.25, 0.3) is 0 Å². The van der Waals surface area contributed by atoms with Crippen molar-refractivity contribution in [2.75, 3.05) is 11.9 Å². The molecule has 8 heteroatoms. The second-order valence-corrected chi connectivity index (χ2v) is 9.14. The summed E-state index contributed by atoms with van der Waals surface area (Å²) in [5.41, 5.74) is 4.77. The van der Waals surface area contributed by atoms with Crippen LogP contribution in [-0.2, 0) is 15.0 Å². The van der Waals surface area contributed by atoms with Crippen molar-refractivity contribution >= 4 is 46.5 Å². The molecular formula is C23H20Cl2N4O2. The van der Waals surface area contributed by atoms with Crippen LogP contribution in [0.5, 0.6) is 0 Å². The van der Waals surface area contributed by atoms with Crippen LogP contribution in [0, 0.1) is 0 Å². The fourth-order valence-corrected chi connectivity index (χ4v) is 5.73. The Morgan fingerprint density at radius 3 is 2.71 bits per heavy atom. The number of amidine groups is 1. The van der Waals surface area contributed by atoms with Crippen LogP contribution < -0.4 is 10.7 Å². The van der Waals surface area contributed by atoms with E-state index in [1.165, 1.54) is 0 Å². The average Bonchev–Trinajstić information content (AvgIpc) is 2.98. The molecule has 2 amide bonds. The van der Waals surface area contributed by atoms with Crippen molar-refractivity contribution in [3.63, 3.8) is 0 Å². The lowest BCUT2D eigenvalue weighted by Gasteiger charge is -2.53. The average molecular weight is 455 g/mol. The van der Waals surface area contributed by atoms with Crippen molar-refractivity contribution in [1.82, 2.24) is 10.3 Å². The van der Waals surface area contributed by atoms with Crippen molar-refractivity contribution in [1.29, 1.82) is 0 Å². The summed E-state index contributed by atoms with van der Waals surface area (Å²) < 4.78 is 0. The molecule has 5 rings (SSSR count). The number of hydrazone groups is 1. The van der Waals surface area contributed by atoms with E-state index in [9.17, 15) is 9.59 Å². The SMILES string of the molecule is C=C(C)[C@H]1N2CC(=O)NN=C2C[C@@H](c2cccc(Cl)c2)[C@]12C(=O)Nc1cc(Cl)ccc12. The molecule has 0 bridgehead atoms. The maximum Gasteiger partial charge on any atom is 0.259 e. The Morgan fingerprint density at radius 1 is 1.19 bits per heavy atom. The molecule has 3 aliphatic rings. The molecule has 3 aliphatic heterocycles. The molecule has 2 N–H and O–H groups in total. The van der Waals surface area contributed by atoms with Gasteiger partial charge in [0.15, 0.2) is 0 Å². The molecule has 0 aliphatic carbocycles. The van der Waals surface area contributed by atoms with E-state index >= 15 is 0 Å². The summed E-state index contributed by atoms with van der Waals surface area (Å²) in [6, 6.07) is 12.5. The van der Waals surface area contributed by atoms with E-state index in [1.807, 2.05) is 42.2 Å². The van der Waals surface area contributed by atoms with Gasteiger partial charge in [0.05, 0.1) is 6.04 Å². The van der Waals surface area contributed by atoms with Gasteiger partial charge in [-0.3, -0.25) is 9.59 Å². The number of halogens is 2. The molecule has 0 unspecified atom stereocenters. The molecule has 2 aromatic rings. The number of hydrogen-bond acceptors (Lipinski definition) is 4. The number of anilines is 1. The molecule has 3 atom stereocenters. The number of amides is 2. The molecule has 3 heterocycles. The van der Waals surface area contributed by atoms with E-state index in [-0.39, 0.29) is 24.3 Å². The minimum absolute atomic E-state index is 0.108. The van der Waals surface area contributed by atoms with Crippen molar-refractivity contribution in [2.24, 2.45) is 5.10 Å². The molecule has 1 spiro atoms. The fraction of sp³-hybridized carbons (Fsp3) is 0.261. The second kappa shape index (κ2) is 7.11. The van der Waals surface area contributed by atoms with Crippen LogP contribution in [0.2, 0.25) is 10.0 Å². The lowest BCUT2D eigenvalue weighted by molar-refractivity contribution is -0.127. The molecule has 0 radical (unpaired) electrons. The molecular weight excluding hydrogens is 435 g/mol. The maximum atomic E-state index is 13.9. The van der Waals surface area contributed by atoms with Crippen LogP contribution in [0.15, 0.2) is 59.7 Å². The van der Waals surface area contributed by atoms with Gasteiger partial charge in [0.2, 0.25) is 5.91 Å². The Hall–Kier alpha value is -2.83. The predicted molar refractivity (Wildman–Crippen MR) is 121 cm³/mol. The molecule has 6 nitrogen and oxygen atoms in total. The first-order chi connectivity index (χ1) is 14.8. The third kappa shape index (κ3) is 2.89. The van der Waals surface area contributed by atoms with E-state index in [0.29, 0.717) is 22.2 Å². The Bertz CT molecular complexity index is 1180. The molecule has 31 heavy (non-hydrogen) atoms. The van der Waals surface area contributed by atoms with Gasteiger partial charge < -0.3 is 10.2 Å². The van der Waals surface area contributed by atoms with Gasteiger partial charge in [0.1, 0.15) is 17.8 Å². The summed E-state index contributed by atoms with van der Waals surface area (Å²) >= 11 is 12.6. The van der Waals surface area contributed by atoms with E-state index < -0.39 is 11.5 Å². The standard InChI is InChI=1S/C23H20Cl2N4O2/c1-12(2)21-23(16-7-6-15(25)9-18(16)26-22(23)31)17(13-4-3-5-14(24)8-13)10-19-27-28-20(30)11-29(19)21/h3-9,17,21H,1,10-11H2,2H3,(H,26,31)(H,28,30)/t17-,21+,23-/m0/s1. The Labute approximate surface area is 189 Å². The molecule has 0 aromatic heterocycles. The highest BCUT2D eigenvalue weighted by Gasteiger charge is 2.63. The highest BCUT2D eigenvalue weighted by molar-refractivity contribution is 6.31. The summed E-state index contributed by atoms with van der Waals surface area (Å²) in [6.07, 6.45) is 0.458. The van der Waals surface area contributed by atoms with E-state index in [2.05, 4.69) is 22.4 Å². The number of nitrogens with one attached hydrogen (secondary N) is 2. The summed E-state index contributed by atoms with van der Waals surface area (Å²) in [5, 5.41) is 8.50. The van der Waals surface area contributed by atoms with Gasteiger partial charge in [0, 0.05) is 28.1 Å². The van der Waals surface area contributed by atoms with Gasteiger partial charge in [-0.25, -0.2) is 5.43 Å². The number of carbonyl (C=O) groups is 2. The molecule has 0 saturated carbocycles. The van der Waals surface area contributed by atoms with Crippen molar-refractivity contribution in [3.8, 4) is 0 Å². The second-order valence-electron chi connectivity index (χ2n) is 8.26. The Kier molecular flexibility index (Phi) is 4.61. The molecule has 1 saturated heterocycles. The lowest BCUT2D eigenvalue weighted by atomic mass is 9.58. The van der Waals surface area contributed by atoms with E-state index in [4.69, 9.17) is 23.2 Å². The van der Waals surface area contributed by atoms with Gasteiger partial charge in [-0.2, -0.15) is 5.10 Å². The molecule has 1 fully saturated rings. The normalized spacial score (nSPS) is 26.7. The first-order valence-electron chi connectivity index (χ1n) is 9.96. The highest BCUT2D eigenvalue weighted by atomic mass is 35.5. The van der Waals surface area contributed by atoms with Crippen molar-refractivity contribution < 1.29 is 9.59 Å². The topological polar surface area (TPSA) is 73.8 Å². The fourth-order valence-electron chi connectivity index (χ4n) is 5.36. The van der Waals surface area contributed by atoms with Gasteiger partial charge in [-0.05, 0) is 42.3 Å². The van der Waals surface area contributed by atoms with Gasteiger partial charge in [-0.15, -0.1) is 0 Å². The van der Waals surface area contributed by atoms with Gasteiger partial charge in [-0.1, -0.05) is 53.6 Å². The smallest absolute Gasteiger partial charge is 0.259 e. The number of fused-ring (bicyclic) bond motifs is 3. The van der Waals surface area contributed by atoms with E-state index in [0.717, 1.165) is 22.5 Å². The zero-order valence-electron chi connectivity index (χ0n) is 16.8. The van der Waals surface area contributed by atoms with Crippen LogP contribution in [-0.4, -0.2) is 35.1 Å². The zero-order valence-corrected chi connectivity index (χ0v) is 18.3. The monoisotopic (exact) mass is 454 g/mol. The summed E-state index contributed by atoms with van der Waals surface area (Å²) in [4.78, 5) is 28.0. The predicted octanol–water partition coefficient (Wildman–Crippen LogP) is 4.06. The van der Waals surface area contributed by atoms with Crippen molar-refractivity contribution in [2.45, 2.75) is 30.7 Å². The number of hydrogen-bond donors (Lipinski definition) is 2. The first-order valence-corrected chi connectivity index (χ1v) is 10.7. The quantitative estimate of drug-likeness (QED) is 0.671. The van der Waals surface area contributed by atoms with Crippen LogP contribution in [0.3, 0.4) is 0 Å². The molecule has 2 aromatic carbocycles. The summed E-state index contributed by atoms with van der Waals surface area (Å²) in [7, 11) is 0. The number of benzene rings is 2. The Balaban J connectivity index is 1.82. The number of nitrogens with zero attached hydrogens (tertiary/aromatic N) is 2. The zero-order chi connectivity index (χ0) is 21.9. The summed E-state index contributed by atoms with van der Waals surface area (Å²) in [6.45, 7) is 6.22. The summed E-state index contributed by atoms with van der Waals surface area (Å²) in [5.74, 6) is 0.0765.